The Morgan fingerprint density at radius 2 is 1.65 bits per heavy atom. The third kappa shape index (κ3) is 6.89. The van der Waals surface area contributed by atoms with Crippen LogP contribution in [0.1, 0.15) is 18.1 Å². The van der Waals surface area contributed by atoms with E-state index in [1.165, 1.54) is 5.56 Å². The largest absolute Gasteiger partial charge is 0.497 e. The van der Waals surface area contributed by atoms with Crippen molar-refractivity contribution in [3.05, 3.63) is 90.0 Å². The summed E-state index contributed by atoms with van der Waals surface area (Å²) in [6, 6.07) is 25.5. The molecule has 0 atom stereocenters. The van der Waals surface area contributed by atoms with Crippen LogP contribution >= 0.6 is 0 Å². The lowest BCUT2D eigenvalue weighted by Crippen LogP contribution is -2.24. The van der Waals surface area contributed by atoms with Crippen molar-refractivity contribution in [3.63, 3.8) is 0 Å². The quantitative estimate of drug-likeness (QED) is 0.396. The predicted octanol–water partition coefficient (Wildman–Crippen LogP) is 4.25. The molecule has 3 aromatic carbocycles. The molecule has 0 aromatic heterocycles. The molecule has 0 bridgehead atoms. The molecule has 0 heterocycles. The Kier molecular flexibility index (Phi) is 8.05. The van der Waals surface area contributed by atoms with E-state index in [4.69, 9.17) is 9.47 Å². The number of nitrogens with zero attached hydrogens (tertiary/aromatic N) is 2. The molecular formula is C25H27N3O3. The summed E-state index contributed by atoms with van der Waals surface area (Å²) < 4.78 is 10.5. The highest BCUT2D eigenvalue weighted by Gasteiger charge is 2.05. The second-order valence-corrected chi connectivity index (χ2v) is 6.85. The molecule has 160 valence electrons. The molecule has 1 amide bonds. The van der Waals surface area contributed by atoms with E-state index in [-0.39, 0.29) is 12.5 Å². The van der Waals surface area contributed by atoms with E-state index >= 15 is 0 Å². The minimum absolute atomic E-state index is 0.118. The zero-order valence-electron chi connectivity index (χ0n) is 17.8. The smallest absolute Gasteiger partial charge is 0.277 e. The number of carbonyl (C=O) groups excluding carboxylic acids is 1. The van der Waals surface area contributed by atoms with Crippen LogP contribution in [0, 0.1) is 0 Å². The van der Waals surface area contributed by atoms with Crippen LogP contribution in [0.2, 0.25) is 0 Å². The van der Waals surface area contributed by atoms with Gasteiger partial charge in [-0.1, -0.05) is 42.5 Å². The SMILES string of the molecule is CCN(Cc1ccccc1)c1ccc(/C=N\NC(=O)COc2ccc(OC)cc2)cc1. The molecule has 3 rings (SSSR count). The summed E-state index contributed by atoms with van der Waals surface area (Å²) in [5, 5.41) is 4.01. The number of nitrogens with one attached hydrogen (secondary N) is 1. The van der Waals surface area contributed by atoms with E-state index in [1.54, 1.807) is 37.6 Å². The van der Waals surface area contributed by atoms with E-state index in [1.807, 2.05) is 18.2 Å². The Balaban J connectivity index is 1.47. The number of hydrogen-bond donors (Lipinski definition) is 1. The van der Waals surface area contributed by atoms with Gasteiger partial charge in [-0.05, 0) is 54.4 Å². The van der Waals surface area contributed by atoms with Crippen LogP contribution in [0.3, 0.4) is 0 Å². The Morgan fingerprint density at radius 3 is 2.29 bits per heavy atom. The van der Waals surface area contributed by atoms with Gasteiger partial charge in [0.25, 0.3) is 5.91 Å². The van der Waals surface area contributed by atoms with Gasteiger partial charge in [0.1, 0.15) is 11.5 Å². The number of hydrogen-bond acceptors (Lipinski definition) is 5. The van der Waals surface area contributed by atoms with Crippen molar-refractivity contribution in [2.75, 3.05) is 25.2 Å². The number of amides is 1. The molecule has 3 aromatic rings. The first kappa shape index (κ1) is 21.9. The summed E-state index contributed by atoms with van der Waals surface area (Å²) in [7, 11) is 1.60. The van der Waals surface area contributed by atoms with Gasteiger partial charge in [0.05, 0.1) is 13.3 Å². The van der Waals surface area contributed by atoms with Gasteiger partial charge in [-0.25, -0.2) is 5.43 Å². The fourth-order valence-corrected chi connectivity index (χ4v) is 2.99. The van der Waals surface area contributed by atoms with Gasteiger partial charge in [-0.2, -0.15) is 5.10 Å². The highest BCUT2D eigenvalue weighted by Crippen LogP contribution is 2.18. The molecule has 0 aliphatic carbocycles. The van der Waals surface area contributed by atoms with Gasteiger partial charge < -0.3 is 14.4 Å². The lowest BCUT2D eigenvalue weighted by Gasteiger charge is -2.23. The molecule has 0 radical (unpaired) electrons. The van der Waals surface area contributed by atoms with Crippen LogP contribution in [0.5, 0.6) is 11.5 Å². The monoisotopic (exact) mass is 417 g/mol. The maximum absolute atomic E-state index is 11.9. The molecule has 0 saturated carbocycles. The third-order valence-electron chi connectivity index (χ3n) is 4.69. The first-order valence-corrected chi connectivity index (χ1v) is 10.2. The lowest BCUT2D eigenvalue weighted by atomic mass is 10.1. The maximum atomic E-state index is 11.9. The maximum Gasteiger partial charge on any atom is 0.277 e. The van der Waals surface area contributed by atoms with Crippen molar-refractivity contribution in [1.82, 2.24) is 5.43 Å². The van der Waals surface area contributed by atoms with Crippen molar-refractivity contribution < 1.29 is 14.3 Å². The fourth-order valence-electron chi connectivity index (χ4n) is 2.99. The average Bonchev–Trinajstić information content (AvgIpc) is 2.83. The first-order valence-electron chi connectivity index (χ1n) is 10.2. The zero-order chi connectivity index (χ0) is 21.9. The van der Waals surface area contributed by atoms with Gasteiger partial charge in [0.2, 0.25) is 0 Å². The number of methoxy groups -OCH3 is 1. The number of carbonyl (C=O) groups is 1. The van der Waals surface area contributed by atoms with Crippen LogP contribution < -0.4 is 19.8 Å². The Bertz CT molecular complexity index is 971. The Labute approximate surface area is 183 Å². The molecule has 0 unspecified atom stereocenters. The summed E-state index contributed by atoms with van der Waals surface area (Å²) in [4.78, 5) is 14.2. The summed E-state index contributed by atoms with van der Waals surface area (Å²) in [5.41, 5.74) is 5.79. The third-order valence-corrected chi connectivity index (χ3v) is 4.69. The Hall–Kier alpha value is -3.80. The number of benzene rings is 3. The van der Waals surface area contributed by atoms with Gasteiger partial charge in [-0.15, -0.1) is 0 Å². The van der Waals surface area contributed by atoms with Crippen molar-refractivity contribution in [2.24, 2.45) is 5.10 Å². The average molecular weight is 418 g/mol. The van der Waals surface area contributed by atoms with E-state index < -0.39 is 0 Å². The van der Waals surface area contributed by atoms with Crippen molar-refractivity contribution in [2.45, 2.75) is 13.5 Å². The van der Waals surface area contributed by atoms with Gasteiger partial charge in [-0.3, -0.25) is 4.79 Å². The fraction of sp³-hybridized carbons (Fsp3) is 0.200. The first-order chi connectivity index (χ1) is 15.2. The van der Waals surface area contributed by atoms with E-state index in [9.17, 15) is 4.79 Å². The van der Waals surface area contributed by atoms with E-state index in [0.29, 0.717) is 5.75 Å². The molecule has 0 aliphatic rings. The van der Waals surface area contributed by atoms with E-state index in [2.05, 4.69) is 58.7 Å². The summed E-state index contributed by atoms with van der Waals surface area (Å²) in [6.07, 6.45) is 1.61. The standard InChI is InChI=1S/C25H27N3O3/c1-3-28(18-21-7-5-4-6-8-21)22-11-9-20(10-12-22)17-26-27-25(29)19-31-24-15-13-23(30-2)14-16-24/h4-17H,3,18-19H2,1-2H3,(H,27,29)/b26-17-. The predicted molar refractivity (Wildman–Crippen MR) is 124 cm³/mol. The zero-order valence-corrected chi connectivity index (χ0v) is 17.8. The normalized spacial score (nSPS) is 10.6. The highest BCUT2D eigenvalue weighted by molar-refractivity contribution is 5.83. The minimum atomic E-state index is -0.330. The minimum Gasteiger partial charge on any atom is -0.497 e. The van der Waals surface area contributed by atoms with Crippen LogP contribution in [0.4, 0.5) is 5.69 Å². The number of ether oxygens (including phenoxy) is 2. The van der Waals surface area contributed by atoms with Crippen LogP contribution in [-0.2, 0) is 11.3 Å². The summed E-state index contributed by atoms with van der Waals surface area (Å²) in [5.74, 6) is 0.991. The van der Waals surface area contributed by atoms with Crippen LogP contribution in [-0.4, -0.2) is 32.4 Å². The van der Waals surface area contributed by atoms with Gasteiger partial charge >= 0.3 is 0 Å². The van der Waals surface area contributed by atoms with Crippen LogP contribution in [0.15, 0.2) is 84.0 Å². The molecule has 6 heteroatoms. The summed E-state index contributed by atoms with van der Waals surface area (Å²) >= 11 is 0. The second kappa shape index (κ2) is 11.4. The summed E-state index contributed by atoms with van der Waals surface area (Å²) in [6.45, 7) is 3.79. The lowest BCUT2D eigenvalue weighted by molar-refractivity contribution is -0.123. The van der Waals surface area contributed by atoms with Gasteiger partial charge in [0.15, 0.2) is 6.61 Å². The number of anilines is 1. The molecule has 0 saturated heterocycles. The second-order valence-electron chi connectivity index (χ2n) is 6.85. The van der Waals surface area contributed by atoms with Crippen molar-refractivity contribution in [3.8, 4) is 11.5 Å². The topological polar surface area (TPSA) is 63.2 Å². The van der Waals surface area contributed by atoms with Crippen LogP contribution in [0.25, 0.3) is 0 Å². The molecule has 0 aliphatic heterocycles. The Morgan fingerprint density at radius 1 is 0.968 bits per heavy atom. The molecule has 6 nitrogen and oxygen atoms in total. The number of hydrazone groups is 1. The molecule has 31 heavy (non-hydrogen) atoms. The number of rotatable bonds is 10. The molecular weight excluding hydrogens is 390 g/mol. The van der Waals surface area contributed by atoms with Crippen molar-refractivity contribution in [1.29, 1.82) is 0 Å². The van der Waals surface area contributed by atoms with Gasteiger partial charge in [0, 0.05) is 18.8 Å². The molecule has 1 N–H and O–H groups in total. The van der Waals surface area contributed by atoms with Crippen molar-refractivity contribution >= 4 is 17.8 Å². The molecule has 0 fully saturated rings. The molecule has 0 spiro atoms. The highest BCUT2D eigenvalue weighted by atomic mass is 16.5. The van der Waals surface area contributed by atoms with E-state index in [0.717, 1.165) is 30.1 Å².